The van der Waals surface area contributed by atoms with Crippen LogP contribution in [-0.2, 0) is 6.54 Å². The second kappa shape index (κ2) is 7.51. The van der Waals surface area contributed by atoms with Crippen LogP contribution in [0.25, 0.3) is 5.65 Å². The number of fused-ring (bicyclic) bond motifs is 2. The van der Waals surface area contributed by atoms with Gasteiger partial charge in [-0.05, 0) is 60.7 Å². The van der Waals surface area contributed by atoms with Crippen LogP contribution in [0.1, 0.15) is 33.8 Å². The number of amides is 1. The number of carbonyl (C=O) groups excluding carboxylic acids is 1. The Morgan fingerprint density at radius 2 is 2.14 bits per heavy atom. The number of rotatable bonds is 4. The minimum absolute atomic E-state index is 0.234. The van der Waals surface area contributed by atoms with Crippen LogP contribution in [-0.4, -0.2) is 55.7 Å². The molecule has 4 heterocycles. The molecule has 1 amide bonds. The van der Waals surface area contributed by atoms with Crippen LogP contribution in [0, 0.1) is 18.8 Å². The second-order valence-electron chi connectivity index (χ2n) is 8.30. The molecule has 0 unspecified atom stereocenters. The molecule has 0 spiro atoms. The van der Waals surface area contributed by atoms with Gasteiger partial charge in [-0.25, -0.2) is 9.50 Å². The first-order valence-corrected chi connectivity index (χ1v) is 11.0. The van der Waals surface area contributed by atoms with Gasteiger partial charge in [-0.2, -0.15) is 5.10 Å². The van der Waals surface area contributed by atoms with Gasteiger partial charge in [0.1, 0.15) is 5.69 Å². The summed E-state index contributed by atoms with van der Waals surface area (Å²) in [7, 11) is 0. The van der Waals surface area contributed by atoms with Crippen molar-refractivity contribution in [1.82, 2.24) is 24.8 Å². The van der Waals surface area contributed by atoms with Gasteiger partial charge >= 0.3 is 0 Å². The molecule has 1 aliphatic carbocycles. The van der Waals surface area contributed by atoms with Crippen molar-refractivity contribution >= 4 is 22.9 Å². The van der Waals surface area contributed by atoms with E-state index in [0.29, 0.717) is 23.2 Å². The van der Waals surface area contributed by atoms with Crippen molar-refractivity contribution in [1.29, 1.82) is 0 Å². The Morgan fingerprint density at radius 3 is 2.93 bits per heavy atom. The topological polar surface area (TPSA) is 82.8 Å². The predicted molar refractivity (Wildman–Crippen MR) is 111 cm³/mol. The minimum atomic E-state index is -0.518. The van der Waals surface area contributed by atoms with Crippen molar-refractivity contribution in [2.45, 2.75) is 38.5 Å². The van der Waals surface area contributed by atoms with Crippen molar-refractivity contribution < 1.29 is 9.90 Å². The molecular weight excluding hydrogens is 386 g/mol. The molecule has 8 heteroatoms. The third-order valence-corrected chi connectivity index (χ3v) is 7.39. The number of aromatic nitrogens is 3. The molecule has 0 bridgehead atoms. The third-order valence-electron chi connectivity index (χ3n) is 6.38. The van der Waals surface area contributed by atoms with Gasteiger partial charge in [-0.15, -0.1) is 11.3 Å². The fourth-order valence-electron chi connectivity index (χ4n) is 4.81. The zero-order chi connectivity index (χ0) is 20.0. The lowest BCUT2D eigenvalue weighted by Crippen LogP contribution is -2.49. The van der Waals surface area contributed by atoms with E-state index in [1.165, 1.54) is 21.2 Å². The average molecular weight is 412 g/mol. The Kier molecular flexibility index (Phi) is 4.85. The molecule has 3 aromatic rings. The van der Waals surface area contributed by atoms with E-state index in [9.17, 15) is 9.90 Å². The van der Waals surface area contributed by atoms with Gasteiger partial charge in [0.2, 0.25) is 0 Å². The highest BCUT2D eigenvalue weighted by Gasteiger charge is 2.42. The standard InChI is InChI=1S/C21H25N5O2S/c1-13-4-6-29-19(13)12-25-10-14-7-16(18(27)8-15(14)11-25)24-21(28)17-9-22-20-3-2-5-23-26(17)20/h2-6,9,14-16,18,27H,7-8,10-12H2,1H3,(H,24,28)/t14-,15+,16-,18-/m0/s1. The lowest BCUT2D eigenvalue weighted by atomic mass is 9.77. The fraction of sp³-hybridized carbons (Fsp3) is 0.476. The first-order chi connectivity index (χ1) is 14.1. The highest BCUT2D eigenvalue weighted by atomic mass is 32.1. The van der Waals surface area contributed by atoms with Gasteiger partial charge in [0.25, 0.3) is 5.91 Å². The first kappa shape index (κ1) is 18.7. The lowest BCUT2D eigenvalue weighted by molar-refractivity contribution is 0.0459. The number of nitrogens with zero attached hydrogens (tertiary/aromatic N) is 4. The maximum Gasteiger partial charge on any atom is 0.271 e. The highest BCUT2D eigenvalue weighted by molar-refractivity contribution is 7.10. The molecule has 0 aromatic carbocycles. The number of aryl methyl sites for hydroxylation is 1. The Bertz CT molecular complexity index is 1030. The summed E-state index contributed by atoms with van der Waals surface area (Å²) in [6.45, 7) is 5.20. The fourth-order valence-corrected chi connectivity index (χ4v) is 5.75. The molecule has 0 radical (unpaired) electrons. The van der Waals surface area contributed by atoms with Crippen LogP contribution in [0.15, 0.2) is 36.0 Å². The minimum Gasteiger partial charge on any atom is -0.391 e. The van der Waals surface area contributed by atoms with E-state index < -0.39 is 6.10 Å². The molecular formula is C21H25N5O2S. The summed E-state index contributed by atoms with van der Waals surface area (Å²) in [5.41, 5.74) is 2.39. The molecule has 29 heavy (non-hydrogen) atoms. The molecule has 1 saturated carbocycles. The number of carbonyl (C=O) groups is 1. The number of aliphatic hydroxyl groups is 1. The second-order valence-corrected chi connectivity index (χ2v) is 9.30. The van der Waals surface area contributed by atoms with E-state index in [1.807, 2.05) is 17.4 Å². The Hall–Kier alpha value is -2.29. The molecule has 2 N–H and O–H groups in total. The van der Waals surface area contributed by atoms with Gasteiger partial charge in [0.15, 0.2) is 5.65 Å². The van der Waals surface area contributed by atoms with Crippen LogP contribution in [0.5, 0.6) is 0 Å². The van der Waals surface area contributed by atoms with Crippen LogP contribution >= 0.6 is 11.3 Å². The summed E-state index contributed by atoms with van der Waals surface area (Å²) in [5.74, 6) is 0.767. The average Bonchev–Trinajstić information content (AvgIpc) is 3.41. The summed E-state index contributed by atoms with van der Waals surface area (Å²) in [4.78, 5) is 21.0. The summed E-state index contributed by atoms with van der Waals surface area (Å²) in [6.07, 6.45) is 4.20. The number of likely N-dealkylation sites (tertiary alicyclic amines) is 1. The molecule has 3 aromatic heterocycles. The van der Waals surface area contributed by atoms with Crippen LogP contribution in [0.3, 0.4) is 0 Å². The quantitative estimate of drug-likeness (QED) is 0.687. The largest absolute Gasteiger partial charge is 0.391 e. The first-order valence-electron chi connectivity index (χ1n) is 10.1. The summed E-state index contributed by atoms with van der Waals surface area (Å²) in [5, 5.41) is 20.1. The SMILES string of the molecule is Cc1ccsc1CN1C[C@H]2C[C@H](O)[C@@H](NC(=O)c3cnc4cccnn34)C[C@H]2C1. The van der Waals surface area contributed by atoms with E-state index in [2.05, 4.69) is 38.7 Å². The summed E-state index contributed by atoms with van der Waals surface area (Å²) >= 11 is 1.82. The lowest BCUT2D eigenvalue weighted by Gasteiger charge is -2.35. The van der Waals surface area contributed by atoms with Crippen LogP contribution in [0.2, 0.25) is 0 Å². The molecule has 2 aliphatic rings. The number of imidazole rings is 1. The van der Waals surface area contributed by atoms with Gasteiger partial charge in [0.05, 0.1) is 18.3 Å². The van der Waals surface area contributed by atoms with Crippen molar-refractivity contribution in [3.8, 4) is 0 Å². The number of hydrogen-bond donors (Lipinski definition) is 2. The van der Waals surface area contributed by atoms with Crippen molar-refractivity contribution in [3.63, 3.8) is 0 Å². The number of nitrogens with one attached hydrogen (secondary N) is 1. The zero-order valence-corrected chi connectivity index (χ0v) is 17.2. The van der Waals surface area contributed by atoms with E-state index >= 15 is 0 Å². The number of aliphatic hydroxyl groups excluding tert-OH is 1. The molecule has 5 rings (SSSR count). The Balaban J connectivity index is 1.25. The van der Waals surface area contributed by atoms with E-state index in [0.717, 1.165) is 32.5 Å². The normalized spacial score (nSPS) is 27.2. The van der Waals surface area contributed by atoms with E-state index in [4.69, 9.17) is 0 Å². The smallest absolute Gasteiger partial charge is 0.271 e. The van der Waals surface area contributed by atoms with Crippen molar-refractivity contribution in [3.05, 3.63) is 52.1 Å². The maximum absolute atomic E-state index is 12.8. The Morgan fingerprint density at radius 1 is 1.31 bits per heavy atom. The van der Waals surface area contributed by atoms with Crippen molar-refractivity contribution in [2.24, 2.45) is 11.8 Å². The molecule has 1 aliphatic heterocycles. The Labute approximate surface area is 173 Å². The molecule has 7 nitrogen and oxygen atoms in total. The van der Waals surface area contributed by atoms with E-state index in [1.54, 1.807) is 12.3 Å². The predicted octanol–water partition coefficient (Wildman–Crippen LogP) is 2.10. The summed E-state index contributed by atoms with van der Waals surface area (Å²) < 4.78 is 1.54. The number of thiophene rings is 1. The van der Waals surface area contributed by atoms with Crippen molar-refractivity contribution in [2.75, 3.05) is 13.1 Å². The van der Waals surface area contributed by atoms with Gasteiger partial charge in [-0.1, -0.05) is 0 Å². The molecule has 2 fully saturated rings. The molecule has 1 saturated heterocycles. The number of hydrogen-bond acceptors (Lipinski definition) is 6. The highest BCUT2D eigenvalue weighted by Crippen LogP contribution is 2.37. The molecule has 4 atom stereocenters. The zero-order valence-electron chi connectivity index (χ0n) is 16.4. The van der Waals surface area contributed by atoms with Crippen LogP contribution in [0.4, 0.5) is 0 Å². The van der Waals surface area contributed by atoms with E-state index in [-0.39, 0.29) is 11.9 Å². The van der Waals surface area contributed by atoms with Crippen LogP contribution < -0.4 is 5.32 Å². The maximum atomic E-state index is 12.8. The summed E-state index contributed by atoms with van der Waals surface area (Å²) in [6, 6.07) is 5.54. The van der Waals surface area contributed by atoms with Gasteiger partial charge < -0.3 is 10.4 Å². The third kappa shape index (κ3) is 3.56. The van der Waals surface area contributed by atoms with Gasteiger partial charge in [-0.3, -0.25) is 9.69 Å². The monoisotopic (exact) mass is 411 g/mol. The molecule has 152 valence electrons. The van der Waals surface area contributed by atoms with Gasteiger partial charge in [0, 0.05) is 30.7 Å².